The molecule has 0 radical (unpaired) electrons. The van der Waals surface area contributed by atoms with E-state index in [2.05, 4.69) is 0 Å². The van der Waals surface area contributed by atoms with E-state index < -0.39 is 25.3 Å². The van der Waals surface area contributed by atoms with Crippen molar-refractivity contribution < 1.29 is 126 Å². The standard InChI is InChI=1S/C3H2BF3O2.2K/c5-2(3(6)7)1-4(8)9;;/h1H2;;/q-2;2*+1. The summed E-state index contributed by atoms with van der Waals surface area (Å²) in [6.45, 7) is 0. The van der Waals surface area contributed by atoms with Gasteiger partial charge in [-0.05, 0) is 0 Å². The van der Waals surface area contributed by atoms with Gasteiger partial charge < -0.3 is 10.0 Å². The van der Waals surface area contributed by atoms with E-state index in [-0.39, 0.29) is 103 Å². The quantitative estimate of drug-likeness (QED) is 0.431. The van der Waals surface area contributed by atoms with Crippen LogP contribution in [0.4, 0.5) is 13.2 Å². The van der Waals surface area contributed by atoms with Gasteiger partial charge in [0, 0.05) is 0 Å². The number of hydrogen-bond donors (Lipinski definition) is 0. The fourth-order valence-electron chi connectivity index (χ4n) is 0.223. The van der Waals surface area contributed by atoms with Crippen LogP contribution in [0.5, 0.6) is 0 Å². The molecule has 0 atom stereocenters. The van der Waals surface area contributed by atoms with Crippen molar-refractivity contribution in [2.24, 2.45) is 0 Å². The molecule has 0 spiro atoms. The Morgan fingerprint density at radius 3 is 1.55 bits per heavy atom. The van der Waals surface area contributed by atoms with E-state index in [1.165, 1.54) is 0 Å². The molecule has 0 rings (SSSR count). The largest absolute Gasteiger partial charge is 1.00 e. The predicted molar refractivity (Wildman–Crippen MR) is 20.9 cm³/mol. The van der Waals surface area contributed by atoms with Crippen LogP contribution in [0.25, 0.3) is 0 Å². The van der Waals surface area contributed by atoms with Crippen molar-refractivity contribution in [3.8, 4) is 0 Å². The number of hydrogen-bond acceptors (Lipinski definition) is 2. The van der Waals surface area contributed by atoms with E-state index in [1.54, 1.807) is 0 Å². The first-order valence-corrected chi connectivity index (χ1v) is 2.05. The molecule has 0 heterocycles. The van der Waals surface area contributed by atoms with Crippen molar-refractivity contribution in [1.82, 2.24) is 0 Å². The van der Waals surface area contributed by atoms with E-state index in [9.17, 15) is 23.2 Å². The molecule has 0 aliphatic carbocycles. The molecule has 0 aliphatic rings. The van der Waals surface area contributed by atoms with Gasteiger partial charge in [0.05, 0.1) is 0 Å². The molecular formula is C3H2BF3K2O2. The maximum absolute atomic E-state index is 11.5. The van der Waals surface area contributed by atoms with Gasteiger partial charge in [-0.2, -0.15) is 8.78 Å². The molecule has 0 aromatic heterocycles. The average Bonchev–Trinajstić information content (AvgIpc) is 1.63. The Hall–Kier alpha value is 2.79. The molecule has 0 unspecified atom stereocenters. The zero-order valence-electron chi connectivity index (χ0n) is 6.23. The minimum Gasteiger partial charge on any atom is -0.893 e. The molecule has 2 nitrogen and oxygen atoms in total. The van der Waals surface area contributed by atoms with Gasteiger partial charge >= 0.3 is 109 Å². The molecule has 0 fully saturated rings. The van der Waals surface area contributed by atoms with E-state index in [1.807, 2.05) is 0 Å². The van der Waals surface area contributed by atoms with Crippen molar-refractivity contribution in [3.05, 3.63) is 11.9 Å². The zero-order valence-corrected chi connectivity index (χ0v) is 12.5. The van der Waals surface area contributed by atoms with Gasteiger partial charge in [-0.15, -0.1) is 7.12 Å². The van der Waals surface area contributed by atoms with Gasteiger partial charge in [-0.3, -0.25) is 0 Å². The van der Waals surface area contributed by atoms with E-state index in [4.69, 9.17) is 0 Å². The zero-order chi connectivity index (χ0) is 7.44. The second-order valence-electron chi connectivity index (χ2n) is 1.30. The molecule has 0 amide bonds. The molecule has 0 aromatic carbocycles. The van der Waals surface area contributed by atoms with Crippen LogP contribution in [0.2, 0.25) is 6.32 Å². The first-order chi connectivity index (χ1) is 4.04. The second kappa shape index (κ2) is 10.9. The SMILES string of the molecule is [K+].[K+].[O-]B([O-])CC(F)=C(F)F. The molecule has 0 bridgehead atoms. The molecule has 0 saturated carbocycles. The van der Waals surface area contributed by atoms with Crippen LogP contribution in [0, 0.1) is 0 Å². The van der Waals surface area contributed by atoms with Gasteiger partial charge in [-0.25, -0.2) is 4.39 Å². The Morgan fingerprint density at radius 1 is 1.09 bits per heavy atom. The van der Waals surface area contributed by atoms with Crippen molar-refractivity contribution in [3.63, 3.8) is 0 Å². The maximum Gasteiger partial charge on any atom is 1.00 e. The molecule has 0 N–H and O–H groups in total. The van der Waals surface area contributed by atoms with Crippen molar-refractivity contribution >= 4 is 7.12 Å². The molecule has 0 aliphatic heterocycles. The minimum absolute atomic E-state index is 0. The third-order valence-corrected chi connectivity index (χ3v) is 0.551. The number of rotatable bonds is 2. The molecule has 0 aromatic rings. The Balaban J connectivity index is -0.000000320. The maximum atomic E-state index is 11.5. The summed E-state index contributed by atoms with van der Waals surface area (Å²) < 4.78 is 33.5. The summed E-state index contributed by atoms with van der Waals surface area (Å²) in [6.07, 6.45) is -3.87. The fourth-order valence-corrected chi connectivity index (χ4v) is 0.223. The molecule has 0 saturated heterocycles. The van der Waals surface area contributed by atoms with Gasteiger partial charge in [-0.1, -0.05) is 6.32 Å². The van der Waals surface area contributed by atoms with Crippen LogP contribution in [-0.4, -0.2) is 7.12 Å². The van der Waals surface area contributed by atoms with Gasteiger partial charge in [0.1, 0.15) is 0 Å². The minimum atomic E-state index is -2.59. The summed E-state index contributed by atoms with van der Waals surface area (Å²) in [6, 6.07) is 0. The number of allylic oxidation sites excluding steroid dienone is 1. The summed E-state index contributed by atoms with van der Waals surface area (Å²) >= 11 is 0. The molecular weight excluding hydrogens is 214 g/mol. The number of halogens is 3. The van der Waals surface area contributed by atoms with Crippen LogP contribution in [0.15, 0.2) is 11.9 Å². The van der Waals surface area contributed by atoms with Crippen molar-refractivity contribution in [1.29, 1.82) is 0 Å². The summed E-state index contributed by atoms with van der Waals surface area (Å²) in [4.78, 5) is 0. The first kappa shape index (κ1) is 19.4. The third-order valence-electron chi connectivity index (χ3n) is 0.551. The molecule has 11 heavy (non-hydrogen) atoms. The summed E-state index contributed by atoms with van der Waals surface area (Å²) in [5.41, 5.74) is 0. The van der Waals surface area contributed by atoms with Gasteiger partial charge in [0.25, 0.3) is 0 Å². The fraction of sp³-hybridized carbons (Fsp3) is 0.333. The van der Waals surface area contributed by atoms with Gasteiger partial charge in [0.15, 0.2) is 5.83 Å². The Labute approximate surface area is 148 Å². The smallest absolute Gasteiger partial charge is 0.893 e. The summed E-state index contributed by atoms with van der Waals surface area (Å²) in [5, 5.41) is 19.0. The molecule has 52 valence electrons. The van der Waals surface area contributed by atoms with Crippen molar-refractivity contribution in [2.75, 3.05) is 0 Å². The molecule has 8 heteroatoms. The van der Waals surface area contributed by atoms with E-state index in [0.29, 0.717) is 0 Å². The second-order valence-corrected chi connectivity index (χ2v) is 1.30. The van der Waals surface area contributed by atoms with Crippen LogP contribution >= 0.6 is 0 Å². The van der Waals surface area contributed by atoms with Crippen molar-refractivity contribution in [2.45, 2.75) is 6.32 Å². The van der Waals surface area contributed by atoms with Crippen LogP contribution in [0.3, 0.4) is 0 Å². The topological polar surface area (TPSA) is 46.1 Å². The van der Waals surface area contributed by atoms with Crippen LogP contribution in [-0.2, 0) is 0 Å². The average molecular weight is 216 g/mol. The normalized spacial score (nSPS) is 7.36. The Bertz CT molecular complexity index is 128. The van der Waals surface area contributed by atoms with Crippen LogP contribution < -0.4 is 113 Å². The first-order valence-electron chi connectivity index (χ1n) is 2.05. The van der Waals surface area contributed by atoms with Gasteiger partial charge in [0.2, 0.25) is 0 Å². The third kappa shape index (κ3) is 12.8. The monoisotopic (exact) mass is 216 g/mol. The summed E-state index contributed by atoms with van der Waals surface area (Å²) in [5.74, 6) is -1.91. The Morgan fingerprint density at radius 2 is 1.45 bits per heavy atom. The predicted octanol–water partition coefficient (Wildman–Crippen LogP) is -6.72. The van der Waals surface area contributed by atoms with E-state index in [0.717, 1.165) is 0 Å². The van der Waals surface area contributed by atoms with Crippen LogP contribution in [0.1, 0.15) is 0 Å². The van der Waals surface area contributed by atoms with E-state index >= 15 is 0 Å². The summed E-state index contributed by atoms with van der Waals surface area (Å²) in [7, 11) is -2.55. The Kier molecular flexibility index (Phi) is 19.1.